The molecular formula is C22H19F3N2O4S2. The first-order valence-electron chi connectivity index (χ1n) is 10.3. The summed E-state index contributed by atoms with van der Waals surface area (Å²) in [5.41, 5.74) is 1.88. The molecule has 0 saturated carbocycles. The van der Waals surface area contributed by atoms with Gasteiger partial charge >= 0.3 is 6.36 Å². The van der Waals surface area contributed by atoms with Crippen molar-refractivity contribution in [3.05, 3.63) is 70.0 Å². The van der Waals surface area contributed by atoms with Crippen molar-refractivity contribution in [1.82, 2.24) is 8.87 Å². The summed E-state index contributed by atoms with van der Waals surface area (Å²) in [7, 11) is -3.63. The van der Waals surface area contributed by atoms with Gasteiger partial charge in [-0.1, -0.05) is 18.2 Å². The molecule has 174 valence electrons. The maximum Gasteiger partial charge on any atom is 0.573 e. The van der Waals surface area contributed by atoms with Crippen LogP contribution in [-0.2, 0) is 16.6 Å². The van der Waals surface area contributed by atoms with Gasteiger partial charge in [0.2, 0.25) is 0 Å². The van der Waals surface area contributed by atoms with Crippen molar-refractivity contribution in [2.45, 2.75) is 29.5 Å². The average Bonchev–Trinajstić information content (AvgIpc) is 3.30. The van der Waals surface area contributed by atoms with Crippen molar-refractivity contribution in [2.75, 3.05) is 13.1 Å². The Labute approximate surface area is 191 Å². The molecule has 1 fully saturated rings. The lowest BCUT2D eigenvalue weighted by molar-refractivity contribution is -0.274. The van der Waals surface area contributed by atoms with Crippen molar-refractivity contribution in [3.63, 3.8) is 0 Å². The molecule has 5 rings (SSSR count). The molecule has 2 atom stereocenters. The summed E-state index contributed by atoms with van der Waals surface area (Å²) in [6.07, 6.45) is -4.04. The van der Waals surface area contributed by atoms with E-state index in [4.69, 9.17) is 0 Å². The first-order chi connectivity index (χ1) is 15.6. The number of fused-ring (bicyclic) bond motifs is 4. The number of benzene rings is 1. The zero-order chi connectivity index (χ0) is 23.4. The lowest BCUT2D eigenvalue weighted by Crippen LogP contribution is -2.49. The van der Waals surface area contributed by atoms with E-state index in [-0.39, 0.29) is 33.9 Å². The monoisotopic (exact) mass is 496 g/mol. The molecule has 2 unspecified atom stereocenters. The van der Waals surface area contributed by atoms with Crippen molar-refractivity contribution in [2.24, 2.45) is 5.92 Å². The molecule has 2 aliphatic heterocycles. The van der Waals surface area contributed by atoms with E-state index in [1.165, 1.54) is 46.0 Å². The van der Waals surface area contributed by atoms with Gasteiger partial charge in [-0.25, -0.2) is 8.42 Å². The van der Waals surface area contributed by atoms with Crippen LogP contribution in [0.25, 0.3) is 11.1 Å². The fraction of sp³-hybridized carbons (Fsp3) is 0.318. The first-order valence-corrected chi connectivity index (χ1v) is 12.6. The van der Waals surface area contributed by atoms with Gasteiger partial charge in [-0.2, -0.15) is 4.31 Å². The number of rotatable bonds is 4. The van der Waals surface area contributed by atoms with E-state index in [0.717, 1.165) is 6.42 Å². The van der Waals surface area contributed by atoms with Gasteiger partial charge in [-0.15, -0.1) is 24.5 Å². The second-order valence-electron chi connectivity index (χ2n) is 8.21. The molecule has 33 heavy (non-hydrogen) atoms. The molecule has 11 heteroatoms. The zero-order valence-electron chi connectivity index (χ0n) is 17.2. The molecule has 0 spiro atoms. The third-order valence-electron chi connectivity index (χ3n) is 6.04. The SMILES string of the molecule is O=c1ccc(-c2ccc(OC(F)(F)F)cc2)c2n1CC1CC2CN(S(=O)(=O)c2cccs2)C1. The molecular weight excluding hydrogens is 477 g/mol. The topological polar surface area (TPSA) is 68.6 Å². The largest absolute Gasteiger partial charge is 0.573 e. The minimum atomic E-state index is -4.78. The highest BCUT2D eigenvalue weighted by Crippen LogP contribution is 2.41. The third-order valence-corrected chi connectivity index (χ3v) is 9.25. The van der Waals surface area contributed by atoms with Gasteiger partial charge in [0.25, 0.3) is 15.6 Å². The van der Waals surface area contributed by atoms with Crippen LogP contribution in [0.2, 0.25) is 0 Å². The van der Waals surface area contributed by atoms with Crippen LogP contribution >= 0.6 is 11.3 Å². The normalized spacial score (nSPS) is 20.9. The van der Waals surface area contributed by atoms with Crippen molar-refractivity contribution in [3.8, 4) is 16.9 Å². The Hall–Kier alpha value is -2.63. The van der Waals surface area contributed by atoms with Crippen LogP contribution in [-0.4, -0.2) is 36.7 Å². The zero-order valence-corrected chi connectivity index (χ0v) is 18.8. The third kappa shape index (κ3) is 4.20. The minimum Gasteiger partial charge on any atom is -0.406 e. The van der Waals surface area contributed by atoms with Gasteiger partial charge in [-0.05, 0) is 47.5 Å². The molecule has 4 heterocycles. The summed E-state index contributed by atoms with van der Waals surface area (Å²) in [6.45, 7) is 0.975. The van der Waals surface area contributed by atoms with Crippen LogP contribution in [0.15, 0.2) is 62.9 Å². The molecule has 0 N–H and O–H groups in total. The number of halogens is 3. The van der Waals surface area contributed by atoms with E-state index in [9.17, 15) is 26.4 Å². The number of ether oxygens (including phenoxy) is 1. The van der Waals surface area contributed by atoms with Gasteiger partial charge in [0.15, 0.2) is 0 Å². The van der Waals surface area contributed by atoms with E-state index in [0.29, 0.717) is 29.9 Å². The van der Waals surface area contributed by atoms with Gasteiger partial charge in [-0.3, -0.25) is 4.79 Å². The number of sulfonamides is 1. The molecule has 0 aliphatic carbocycles. The molecule has 3 aromatic rings. The first kappa shape index (κ1) is 22.2. The maximum absolute atomic E-state index is 13.1. The Bertz CT molecular complexity index is 1330. The van der Waals surface area contributed by atoms with E-state index in [1.54, 1.807) is 28.1 Å². The smallest absolute Gasteiger partial charge is 0.406 e. The summed E-state index contributed by atoms with van der Waals surface area (Å²) in [6, 6.07) is 11.9. The Kier molecular flexibility index (Phi) is 5.37. The highest BCUT2D eigenvalue weighted by molar-refractivity contribution is 7.91. The Morgan fingerprint density at radius 3 is 2.42 bits per heavy atom. The summed E-state index contributed by atoms with van der Waals surface area (Å²) < 4.78 is 71.1. The predicted molar refractivity (Wildman–Crippen MR) is 117 cm³/mol. The number of aromatic nitrogens is 1. The van der Waals surface area contributed by atoms with Crippen molar-refractivity contribution < 1.29 is 26.3 Å². The fourth-order valence-electron chi connectivity index (χ4n) is 4.79. The van der Waals surface area contributed by atoms with Gasteiger partial charge < -0.3 is 9.30 Å². The molecule has 2 aromatic heterocycles. The van der Waals surface area contributed by atoms with Crippen LogP contribution in [0.4, 0.5) is 13.2 Å². The number of piperidine rings is 1. The van der Waals surface area contributed by atoms with Crippen molar-refractivity contribution in [1.29, 1.82) is 0 Å². The molecule has 1 saturated heterocycles. The molecule has 2 aliphatic rings. The average molecular weight is 497 g/mol. The molecule has 0 radical (unpaired) electrons. The van der Waals surface area contributed by atoms with Crippen LogP contribution in [0.3, 0.4) is 0 Å². The number of thiophene rings is 1. The highest BCUT2D eigenvalue weighted by Gasteiger charge is 2.41. The van der Waals surface area contributed by atoms with Crippen LogP contribution in [0.1, 0.15) is 18.0 Å². The van der Waals surface area contributed by atoms with E-state index >= 15 is 0 Å². The van der Waals surface area contributed by atoms with Crippen LogP contribution in [0, 0.1) is 5.92 Å². The van der Waals surface area contributed by atoms with Gasteiger partial charge in [0.05, 0.1) is 0 Å². The molecule has 1 aromatic carbocycles. The van der Waals surface area contributed by atoms with Crippen LogP contribution in [0.5, 0.6) is 5.75 Å². The maximum atomic E-state index is 13.1. The Morgan fingerprint density at radius 2 is 1.76 bits per heavy atom. The second kappa shape index (κ2) is 8.00. The summed E-state index contributed by atoms with van der Waals surface area (Å²) in [4.78, 5) is 12.6. The number of alkyl halides is 3. The van der Waals surface area contributed by atoms with Gasteiger partial charge in [0, 0.05) is 42.9 Å². The van der Waals surface area contributed by atoms with Crippen molar-refractivity contribution >= 4 is 21.4 Å². The standard InChI is InChI=1S/C22H19F3N2O4S2/c23-22(24,25)31-17-5-3-15(4-6-17)18-7-8-19(28)27-12-14-10-16(21(18)27)13-26(11-14)33(29,30)20-2-1-9-32-20/h1-9,14,16H,10-13H2. The Morgan fingerprint density at radius 1 is 1.00 bits per heavy atom. The second-order valence-corrected chi connectivity index (χ2v) is 11.3. The molecule has 2 bridgehead atoms. The molecule has 0 amide bonds. The Balaban J connectivity index is 1.52. The number of hydrogen-bond donors (Lipinski definition) is 0. The number of pyridine rings is 1. The molecule has 6 nitrogen and oxygen atoms in total. The van der Waals surface area contributed by atoms with Crippen LogP contribution < -0.4 is 10.3 Å². The van der Waals surface area contributed by atoms with Gasteiger partial charge in [0.1, 0.15) is 9.96 Å². The summed E-state index contributed by atoms with van der Waals surface area (Å²) >= 11 is 1.17. The minimum absolute atomic E-state index is 0.00139. The van der Waals surface area contributed by atoms with E-state index < -0.39 is 16.4 Å². The van der Waals surface area contributed by atoms with E-state index in [2.05, 4.69) is 4.74 Å². The lowest BCUT2D eigenvalue weighted by atomic mass is 9.81. The summed E-state index contributed by atoms with van der Waals surface area (Å²) in [5.74, 6) is -0.539. The highest BCUT2D eigenvalue weighted by atomic mass is 32.2. The fourth-order valence-corrected chi connectivity index (χ4v) is 7.49. The quantitative estimate of drug-likeness (QED) is 0.541. The predicted octanol–water partition coefficient (Wildman–Crippen LogP) is 4.28. The lowest BCUT2D eigenvalue weighted by Gasteiger charge is -2.42. The number of nitrogens with zero attached hydrogens (tertiary/aromatic N) is 2. The van der Waals surface area contributed by atoms with E-state index in [1.807, 2.05) is 0 Å². The number of hydrogen-bond acceptors (Lipinski definition) is 5. The summed E-state index contributed by atoms with van der Waals surface area (Å²) in [5, 5.41) is 1.72.